The average molecular weight is 931 g/mol. The molecule has 0 bridgehead atoms. The third-order valence-corrected chi connectivity index (χ3v) is 11.7. The molecule has 2 aliphatic rings. The number of aromatic hydroxyl groups is 1. The van der Waals surface area contributed by atoms with Crippen molar-refractivity contribution < 1.29 is 52.4 Å². The largest absolute Gasteiger partial charge is 0.507 e. The number of phenolic OH excluding ortho intramolecular Hbond substituents is 1. The summed E-state index contributed by atoms with van der Waals surface area (Å²) in [5.74, 6) is -4.59. The van der Waals surface area contributed by atoms with Crippen LogP contribution in [0.25, 0.3) is 28.0 Å². The SMILES string of the molecule is C=CC(=O)N1CCN(c2nc(=O)n(-c3c(C)cccc3CNC(=O)COCCOCC(=O)N[C@H](C(=O)N3C[C@H](O)C[C@H]3C(C)=O)C(C)(C)C)c3nc(-c4c(O)cccc4F)c(F)cc23)[C@@H](C)C1. The van der Waals surface area contributed by atoms with E-state index < -0.39 is 88.9 Å². The lowest BCUT2D eigenvalue weighted by atomic mass is 9.85. The first-order valence-electron chi connectivity index (χ1n) is 21.8. The van der Waals surface area contributed by atoms with E-state index in [1.54, 1.807) is 55.7 Å². The molecule has 20 heteroatoms. The minimum atomic E-state index is -1.01. The molecule has 4 amide bonds. The van der Waals surface area contributed by atoms with E-state index in [0.717, 1.165) is 16.7 Å². The molecule has 4 N–H and O–H groups in total. The van der Waals surface area contributed by atoms with Crippen LogP contribution in [0.1, 0.15) is 52.2 Å². The molecule has 0 aliphatic carbocycles. The number of aliphatic hydroxyl groups excluding tert-OH is 1. The predicted octanol–water partition coefficient (Wildman–Crippen LogP) is 2.69. The number of likely N-dealkylation sites (tertiary alicyclic amines) is 1. The summed E-state index contributed by atoms with van der Waals surface area (Å²) in [6.07, 6.45) is 0.488. The number of anilines is 1. The first kappa shape index (κ1) is 49.8. The van der Waals surface area contributed by atoms with Crippen LogP contribution in [0.5, 0.6) is 5.75 Å². The predicted molar refractivity (Wildman–Crippen MR) is 242 cm³/mol. The van der Waals surface area contributed by atoms with Gasteiger partial charge in [0.25, 0.3) is 0 Å². The van der Waals surface area contributed by atoms with Crippen LogP contribution in [0.2, 0.25) is 0 Å². The van der Waals surface area contributed by atoms with Gasteiger partial charge in [-0.1, -0.05) is 51.6 Å². The van der Waals surface area contributed by atoms with Gasteiger partial charge in [0, 0.05) is 45.2 Å². The number of fused-ring (bicyclic) bond motifs is 1. The smallest absolute Gasteiger partial charge is 0.355 e. The Bertz CT molecular complexity index is 2610. The summed E-state index contributed by atoms with van der Waals surface area (Å²) in [5.41, 5.74) is -1.51. The van der Waals surface area contributed by atoms with Gasteiger partial charge in [-0.05, 0) is 61.6 Å². The van der Waals surface area contributed by atoms with E-state index in [9.17, 15) is 39.0 Å². The lowest BCUT2D eigenvalue weighted by Gasteiger charge is -2.40. The Balaban J connectivity index is 1.15. The molecule has 0 unspecified atom stereocenters. The highest BCUT2D eigenvalue weighted by Gasteiger charge is 2.43. The number of hydrogen-bond donors (Lipinski definition) is 4. The number of amides is 4. The number of aliphatic hydroxyl groups is 1. The van der Waals surface area contributed by atoms with Crippen molar-refractivity contribution in [2.75, 3.05) is 57.5 Å². The molecule has 18 nitrogen and oxygen atoms in total. The van der Waals surface area contributed by atoms with Crippen LogP contribution in [0.3, 0.4) is 0 Å². The molecule has 0 spiro atoms. The quantitative estimate of drug-likeness (QED) is 0.0939. The molecule has 2 aromatic carbocycles. The van der Waals surface area contributed by atoms with Crippen molar-refractivity contribution in [3.05, 3.63) is 88.4 Å². The number of rotatable bonds is 16. The molecule has 2 aromatic heterocycles. The van der Waals surface area contributed by atoms with Gasteiger partial charge in [-0.2, -0.15) is 4.98 Å². The molecule has 0 radical (unpaired) electrons. The Kier molecular flexibility index (Phi) is 15.5. The summed E-state index contributed by atoms with van der Waals surface area (Å²) >= 11 is 0. The Morgan fingerprint density at radius 1 is 0.985 bits per heavy atom. The van der Waals surface area contributed by atoms with Crippen LogP contribution >= 0.6 is 0 Å². The molecule has 358 valence electrons. The van der Waals surface area contributed by atoms with E-state index in [0.29, 0.717) is 11.1 Å². The summed E-state index contributed by atoms with van der Waals surface area (Å²) in [4.78, 5) is 91.9. The van der Waals surface area contributed by atoms with Gasteiger partial charge in [0.05, 0.1) is 42.0 Å². The van der Waals surface area contributed by atoms with Crippen molar-refractivity contribution in [2.24, 2.45) is 5.41 Å². The zero-order valence-electron chi connectivity index (χ0n) is 38.3. The van der Waals surface area contributed by atoms with E-state index in [1.165, 1.54) is 30.0 Å². The number of β-amino-alcohol motifs (C(OH)–C–C–N with tert-alkyl or cyclic N) is 1. The number of carbonyl (C=O) groups excluding carboxylic acids is 5. The second kappa shape index (κ2) is 20.9. The number of ether oxygens (including phenoxy) is 2. The van der Waals surface area contributed by atoms with Gasteiger partial charge < -0.3 is 45.0 Å². The minimum Gasteiger partial charge on any atom is -0.507 e. The summed E-state index contributed by atoms with van der Waals surface area (Å²) < 4.78 is 43.5. The first-order chi connectivity index (χ1) is 31.7. The molecule has 2 aliphatic heterocycles. The Hall–Kier alpha value is -6.64. The van der Waals surface area contributed by atoms with Gasteiger partial charge in [0.2, 0.25) is 23.6 Å². The normalized spacial score (nSPS) is 17.9. The monoisotopic (exact) mass is 930 g/mol. The molecule has 4 aromatic rings. The van der Waals surface area contributed by atoms with Gasteiger partial charge in [0.1, 0.15) is 42.3 Å². The number of nitrogens with one attached hydrogen (secondary N) is 2. The highest BCUT2D eigenvalue weighted by Crippen LogP contribution is 2.37. The van der Waals surface area contributed by atoms with Crippen molar-refractivity contribution in [1.29, 1.82) is 0 Å². The van der Waals surface area contributed by atoms with Crippen molar-refractivity contribution in [3.63, 3.8) is 0 Å². The number of piperazine rings is 1. The van der Waals surface area contributed by atoms with Gasteiger partial charge in [-0.25, -0.2) is 23.1 Å². The van der Waals surface area contributed by atoms with Crippen molar-refractivity contribution in [2.45, 2.75) is 78.7 Å². The van der Waals surface area contributed by atoms with Crippen LogP contribution in [-0.2, 0) is 40.0 Å². The maximum absolute atomic E-state index is 16.2. The fourth-order valence-electron chi connectivity index (χ4n) is 8.38. The Morgan fingerprint density at radius 3 is 2.31 bits per heavy atom. The lowest BCUT2D eigenvalue weighted by Crippen LogP contribution is -2.57. The van der Waals surface area contributed by atoms with E-state index in [1.807, 2.05) is 6.92 Å². The fourth-order valence-corrected chi connectivity index (χ4v) is 8.38. The second-order valence-corrected chi connectivity index (χ2v) is 17.7. The summed E-state index contributed by atoms with van der Waals surface area (Å²) in [5, 5.41) is 26.3. The molecule has 4 heterocycles. The summed E-state index contributed by atoms with van der Waals surface area (Å²) in [7, 11) is 0. The summed E-state index contributed by atoms with van der Waals surface area (Å²) in [6.45, 7) is 13.3. The number of carbonyl (C=O) groups is 5. The number of halogens is 2. The zero-order valence-corrected chi connectivity index (χ0v) is 38.3. The number of phenols is 1. The highest BCUT2D eigenvalue weighted by molar-refractivity contribution is 5.94. The van der Waals surface area contributed by atoms with Crippen molar-refractivity contribution >= 4 is 46.3 Å². The number of ketones is 1. The molecule has 0 saturated carbocycles. The first-order valence-corrected chi connectivity index (χ1v) is 21.8. The number of pyridine rings is 1. The number of Topliss-reactive ketones (excluding diaryl/α,β-unsaturated/α-hetero) is 1. The zero-order chi connectivity index (χ0) is 48.9. The molecule has 67 heavy (non-hydrogen) atoms. The second-order valence-electron chi connectivity index (χ2n) is 17.7. The van der Waals surface area contributed by atoms with Crippen LogP contribution in [-0.4, -0.2) is 141 Å². The van der Waals surface area contributed by atoms with Crippen LogP contribution in [0, 0.1) is 24.0 Å². The van der Waals surface area contributed by atoms with Crippen molar-refractivity contribution in [3.8, 4) is 22.7 Å². The topological polar surface area (TPSA) is 226 Å². The maximum Gasteiger partial charge on any atom is 0.355 e. The maximum atomic E-state index is 16.2. The van der Waals surface area contributed by atoms with Crippen molar-refractivity contribution in [1.82, 2.24) is 35.0 Å². The molecule has 6 rings (SSSR count). The van der Waals surface area contributed by atoms with E-state index in [-0.39, 0.29) is 92.6 Å². The third kappa shape index (κ3) is 11.1. The van der Waals surface area contributed by atoms with Gasteiger partial charge in [-0.3, -0.25) is 24.0 Å². The third-order valence-electron chi connectivity index (χ3n) is 11.7. The van der Waals surface area contributed by atoms with E-state index in [2.05, 4.69) is 27.2 Å². The molecule has 2 fully saturated rings. The number of para-hydroxylation sites is 1. The van der Waals surface area contributed by atoms with Gasteiger partial charge >= 0.3 is 5.69 Å². The Morgan fingerprint density at radius 2 is 1.67 bits per heavy atom. The average Bonchev–Trinajstić information content (AvgIpc) is 3.67. The highest BCUT2D eigenvalue weighted by atomic mass is 19.1. The van der Waals surface area contributed by atoms with Crippen LogP contribution in [0.4, 0.5) is 14.6 Å². The molecular formula is C47H56F2N8O10. The van der Waals surface area contributed by atoms with Gasteiger partial charge in [-0.15, -0.1) is 0 Å². The fraction of sp³-hybridized carbons (Fsp3) is 0.447. The van der Waals surface area contributed by atoms with Crippen LogP contribution < -0.4 is 21.2 Å². The minimum absolute atomic E-state index is 0.0194. The Labute approximate surface area is 385 Å². The number of nitrogens with zero attached hydrogens (tertiary/aromatic N) is 6. The summed E-state index contributed by atoms with van der Waals surface area (Å²) in [6, 6.07) is 7.47. The van der Waals surface area contributed by atoms with E-state index >= 15 is 8.78 Å². The van der Waals surface area contributed by atoms with Gasteiger partial charge in [0.15, 0.2) is 17.2 Å². The lowest BCUT2D eigenvalue weighted by molar-refractivity contribution is -0.144. The number of benzene rings is 2. The van der Waals surface area contributed by atoms with E-state index in [4.69, 9.17) is 9.47 Å². The molecule has 4 atom stereocenters. The number of hydrogen-bond acceptors (Lipinski definition) is 13. The number of aryl methyl sites for hydroxylation is 1. The molecule has 2 saturated heterocycles. The standard InChI is InChI=1S/C47H56F2N8O10/c1-8-38(63)54-15-16-55(27(3)22-54)43-31-20-33(49)40(39-32(48)13-10-14-35(39)60)52-44(31)57(46(65)53-43)41-26(2)11-9-12-29(41)21-50-36(61)24-66-17-18-67-25-37(62)51-42(47(5,6)7)45(64)56-23-30(59)19-34(56)28(4)58/h8-14,20,27,30,34,42,59-60H,1,15-19,21-25H2,2-7H3,(H,50,61)(H,51,62)/t27-,30+,34-,42+/m0/s1. The molecular weight excluding hydrogens is 875 g/mol. The van der Waals surface area contributed by atoms with Crippen LogP contribution in [0.15, 0.2) is 59.9 Å². The number of aromatic nitrogens is 3.